The molecule has 2 atom stereocenters. The molecular weight excluding hydrogens is 175 g/mol. The number of aliphatic carboxylic acids is 1. The second-order valence-corrected chi connectivity index (χ2v) is 2.09. The molecule has 0 aromatic heterocycles. The molecule has 66 valence electrons. The van der Waals surface area contributed by atoms with Crippen LogP contribution in [0.4, 0.5) is 0 Å². The number of ether oxygens (including phenoxy) is 1. The Bertz CT molecular complexity index is 167. The molecule has 0 aliphatic rings. The number of hydrogen-bond donors (Lipinski definition) is 2. The van der Waals surface area contributed by atoms with Gasteiger partial charge >= 0.3 is 41.5 Å². The summed E-state index contributed by atoms with van der Waals surface area (Å²) in [6.07, 6.45) is -2.49. The summed E-state index contributed by atoms with van der Waals surface area (Å²) in [5.74, 6) is -2.17. The summed E-state index contributed by atoms with van der Waals surface area (Å²) in [7, 11) is 0. The van der Waals surface area contributed by atoms with E-state index >= 15 is 0 Å². The number of carboxylic acid groups (broad SMARTS) is 1. The molecule has 0 amide bonds. The maximum absolute atomic E-state index is 10.5. The number of carboxylic acids is 1. The molecule has 1 unspecified atom stereocenters. The molecule has 2 N–H and O–H groups in total. The van der Waals surface area contributed by atoms with Crippen molar-refractivity contribution in [2.75, 3.05) is 0 Å². The van der Waals surface area contributed by atoms with Gasteiger partial charge in [-0.3, -0.25) is 0 Å². The van der Waals surface area contributed by atoms with Gasteiger partial charge in [-0.1, -0.05) is 0 Å². The fourth-order valence-corrected chi connectivity index (χ4v) is 0.323. The van der Waals surface area contributed by atoms with E-state index in [-0.39, 0.29) is 29.6 Å². The third-order valence-electron chi connectivity index (χ3n) is 0.982. The molecule has 0 fully saturated rings. The van der Waals surface area contributed by atoms with Crippen LogP contribution in [0.1, 0.15) is 13.8 Å². The van der Waals surface area contributed by atoms with Crippen molar-refractivity contribution in [3.05, 3.63) is 0 Å². The van der Waals surface area contributed by atoms with Gasteiger partial charge in [-0.05, 0) is 13.8 Å². The van der Waals surface area contributed by atoms with Gasteiger partial charge in [-0.25, -0.2) is 9.59 Å². The van der Waals surface area contributed by atoms with Gasteiger partial charge in [-0.15, -0.1) is 0 Å². The van der Waals surface area contributed by atoms with Crippen LogP contribution in [-0.2, 0) is 14.3 Å². The van der Waals surface area contributed by atoms with Gasteiger partial charge in [0.05, 0.1) is 0 Å². The van der Waals surface area contributed by atoms with Crippen LogP contribution in [0.5, 0.6) is 0 Å². The molecular formula is C6H11NaO5. The zero-order chi connectivity index (χ0) is 9.02. The molecule has 0 bridgehead atoms. The van der Waals surface area contributed by atoms with E-state index in [4.69, 9.17) is 10.2 Å². The van der Waals surface area contributed by atoms with Crippen LogP contribution >= 0.6 is 0 Å². The first-order valence-electron chi connectivity index (χ1n) is 3.06. The average Bonchev–Trinajstić information content (AvgIpc) is 1.87. The number of hydrogen-bond acceptors (Lipinski definition) is 4. The monoisotopic (exact) mass is 186 g/mol. The Morgan fingerprint density at radius 2 is 1.75 bits per heavy atom. The maximum atomic E-state index is 10.5. The number of aliphatic hydroxyl groups excluding tert-OH is 1. The molecule has 0 aromatic rings. The molecule has 12 heavy (non-hydrogen) atoms. The predicted octanol–water partition coefficient (Wildman–Crippen LogP) is -1.27. The molecule has 0 heterocycles. The van der Waals surface area contributed by atoms with Gasteiger partial charge in [0.15, 0.2) is 6.10 Å². The van der Waals surface area contributed by atoms with Gasteiger partial charge in [0.25, 0.3) is 0 Å². The molecule has 0 saturated heterocycles. The minimum atomic E-state index is -1.28. The van der Waals surface area contributed by atoms with Crippen molar-refractivity contribution in [1.82, 2.24) is 0 Å². The molecule has 0 aromatic carbocycles. The molecule has 0 rings (SSSR count). The topological polar surface area (TPSA) is 83.8 Å². The fraction of sp³-hybridized carbons (Fsp3) is 0.667. The number of carbonyl (C=O) groups is 2. The second kappa shape index (κ2) is 6.42. The average molecular weight is 186 g/mol. The normalized spacial score (nSPS) is 13.9. The molecule has 0 aliphatic heterocycles. The number of aliphatic hydroxyl groups is 1. The van der Waals surface area contributed by atoms with Crippen LogP contribution in [0.3, 0.4) is 0 Å². The Kier molecular flexibility index (Phi) is 7.72. The van der Waals surface area contributed by atoms with E-state index in [0.29, 0.717) is 0 Å². The summed E-state index contributed by atoms with van der Waals surface area (Å²) in [6.45, 7) is 2.42. The van der Waals surface area contributed by atoms with Gasteiger partial charge in [-0.2, -0.15) is 0 Å². The van der Waals surface area contributed by atoms with E-state index in [9.17, 15) is 9.59 Å². The van der Waals surface area contributed by atoms with E-state index in [1.165, 1.54) is 13.8 Å². The number of carbonyl (C=O) groups excluding carboxylic acids is 1. The van der Waals surface area contributed by atoms with Crippen molar-refractivity contribution < 1.29 is 24.5 Å². The quantitative estimate of drug-likeness (QED) is 0.424. The van der Waals surface area contributed by atoms with Gasteiger partial charge < -0.3 is 14.9 Å². The first-order chi connectivity index (χ1) is 4.95. The summed E-state index contributed by atoms with van der Waals surface area (Å²) in [5.41, 5.74) is 0. The van der Waals surface area contributed by atoms with Crippen LogP contribution in [0, 0.1) is 0 Å². The Morgan fingerprint density at radius 1 is 1.33 bits per heavy atom. The van der Waals surface area contributed by atoms with Crippen molar-refractivity contribution in [2.45, 2.75) is 26.1 Å². The van der Waals surface area contributed by atoms with Crippen molar-refractivity contribution in [3.63, 3.8) is 0 Å². The molecule has 5 nitrogen and oxygen atoms in total. The van der Waals surface area contributed by atoms with Gasteiger partial charge in [0.2, 0.25) is 0 Å². The van der Waals surface area contributed by atoms with Crippen LogP contribution in [0.2, 0.25) is 0 Å². The predicted molar refractivity (Wildman–Crippen MR) is 42.0 cm³/mol. The molecule has 0 aliphatic carbocycles. The number of esters is 1. The summed E-state index contributed by atoms with van der Waals surface area (Å²) in [5, 5.41) is 16.8. The Balaban J connectivity index is 0. The SMILES string of the molecule is CC(O)C(=O)O[C@@H](C)C(=O)O.[NaH]. The van der Waals surface area contributed by atoms with Crippen molar-refractivity contribution >= 4 is 41.5 Å². The molecule has 6 heteroatoms. The standard InChI is InChI=1S/C6H10O5.Na.H/c1-3(7)6(10)11-4(2)5(8)9;;/h3-4,7H,1-2H3,(H,8,9);;/t3?,4-;;/m0../s1. The van der Waals surface area contributed by atoms with E-state index in [0.717, 1.165) is 0 Å². The summed E-state index contributed by atoms with van der Waals surface area (Å²) < 4.78 is 4.28. The first kappa shape index (κ1) is 14.4. The van der Waals surface area contributed by atoms with Gasteiger partial charge in [0, 0.05) is 0 Å². The van der Waals surface area contributed by atoms with E-state index in [1.54, 1.807) is 0 Å². The summed E-state index contributed by atoms with van der Waals surface area (Å²) in [6, 6.07) is 0. The molecule has 0 spiro atoms. The second-order valence-electron chi connectivity index (χ2n) is 2.09. The van der Waals surface area contributed by atoms with E-state index in [1.807, 2.05) is 0 Å². The third-order valence-corrected chi connectivity index (χ3v) is 0.982. The van der Waals surface area contributed by atoms with E-state index < -0.39 is 24.1 Å². The van der Waals surface area contributed by atoms with Crippen LogP contribution in [0.25, 0.3) is 0 Å². The zero-order valence-corrected chi connectivity index (χ0v) is 6.27. The Morgan fingerprint density at radius 3 is 2.00 bits per heavy atom. The molecule has 0 radical (unpaired) electrons. The Labute approximate surface area is 92.0 Å². The third kappa shape index (κ3) is 5.54. The fourth-order valence-electron chi connectivity index (χ4n) is 0.323. The van der Waals surface area contributed by atoms with Crippen LogP contribution in [0.15, 0.2) is 0 Å². The van der Waals surface area contributed by atoms with E-state index in [2.05, 4.69) is 4.74 Å². The number of rotatable bonds is 3. The zero-order valence-electron chi connectivity index (χ0n) is 6.27. The first-order valence-corrected chi connectivity index (χ1v) is 3.06. The van der Waals surface area contributed by atoms with Crippen molar-refractivity contribution in [1.29, 1.82) is 0 Å². The Hall–Kier alpha value is -0.100. The van der Waals surface area contributed by atoms with Crippen molar-refractivity contribution in [2.24, 2.45) is 0 Å². The minimum absolute atomic E-state index is 0. The molecule has 0 saturated carbocycles. The van der Waals surface area contributed by atoms with Crippen LogP contribution in [-0.4, -0.2) is 63.9 Å². The summed E-state index contributed by atoms with van der Waals surface area (Å²) >= 11 is 0. The summed E-state index contributed by atoms with van der Waals surface area (Å²) in [4.78, 5) is 20.6. The van der Waals surface area contributed by atoms with Crippen molar-refractivity contribution in [3.8, 4) is 0 Å². The van der Waals surface area contributed by atoms with Gasteiger partial charge in [0.1, 0.15) is 6.10 Å². The van der Waals surface area contributed by atoms with Crippen LogP contribution < -0.4 is 0 Å².